The molecule has 0 bridgehead atoms. The topological polar surface area (TPSA) is 68.0 Å². The fraction of sp³-hybridized carbons (Fsp3) is 0.231. The highest BCUT2D eigenvalue weighted by molar-refractivity contribution is 7.13. The molecule has 0 fully saturated rings. The van der Waals surface area contributed by atoms with Crippen LogP contribution in [0.5, 0.6) is 0 Å². The number of nitrogens with two attached hydrogens (primary N) is 1. The minimum Gasteiger partial charge on any atom is -0.375 e. The molecule has 2 rings (SSSR count). The average Bonchev–Trinajstić information content (AvgIpc) is 2.81. The van der Waals surface area contributed by atoms with Crippen molar-refractivity contribution in [3.63, 3.8) is 0 Å². The second kappa shape index (κ2) is 6.13. The van der Waals surface area contributed by atoms with Gasteiger partial charge in [0.25, 0.3) is 0 Å². The minimum absolute atomic E-state index is 0.0120. The molecule has 21 heavy (non-hydrogen) atoms. The predicted molar refractivity (Wildman–Crippen MR) is 73.5 cm³/mol. The summed E-state index contributed by atoms with van der Waals surface area (Å²) in [6.45, 7) is -0.186. The number of thiazole rings is 1. The third kappa shape index (κ3) is 4.19. The third-order valence-corrected chi connectivity index (χ3v) is 3.43. The van der Waals surface area contributed by atoms with E-state index in [2.05, 4.69) is 10.3 Å². The lowest BCUT2D eigenvalue weighted by Crippen LogP contribution is -2.26. The summed E-state index contributed by atoms with van der Waals surface area (Å²) in [5, 5.41) is 4.44. The zero-order chi connectivity index (χ0) is 15.5. The van der Waals surface area contributed by atoms with E-state index in [-0.39, 0.29) is 18.5 Å². The second-order valence-electron chi connectivity index (χ2n) is 4.29. The van der Waals surface area contributed by atoms with E-state index in [4.69, 9.17) is 5.73 Å². The molecule has 0 saturated heterocycles. The average molecular weight is 315 g/mol. The maximum Gasteiger partial charge on any atom is 0.416 e. The first kappa shape index (κ1) is 15.3. The zero-order valence-electron chi connectivity index (χ0n) is 10.8. The van der Waals surface area contributed by atoms with Crippen LogP contribution >= 0.6 is 11.3 Å². The first-order valence-electron chi connectivity index (χ1n) is 5.98. The number of nitrogen functional groups attached to an aromatic ring is 1. The van der Waals surface area contributed by atoms with Gasteiger partial charge in [-0.2, -0.15) is 13.2 Å². The van der Waals surface area contributed by atoms with Crippen molar-refractivity contribution < 1.29 is 18.0 Å². The van der Waals surface area contributed by atoms with Crippen molar-refractivity contribution in [3.05, 3.63) is 46.5 Å². The van der Waals surface area contributed by atoms with Crippen molar-refractivity contribution in [3.8, 4) is 0 Å². The molecule has 112 valence electrons. The fourth-order valence-electron chi connectivity index (χ4n) is 1.78. The van der Waals surface area contributed by atoms with Crippen LogP contribution in [0.3, 0.4) is 0 Å². The van der Waals surface area contributed by atoms with Crippen molar-refractivity contribution >= 4 is 22.4 Å². The normalized spacial score (nSPS) is 11.4. The summed E-state index contributed by atoms with van der Waals surface area (Å²) in [5.74, 6) is -0.405. The number of nitrogens with zero attached hydrogens (tertiary/aromatic N) is 1. The van der Waals surface area contributed by atoms with E-state index < -0.39 is 17.6 Å². The summed E-state index contributed by atoms with van der Waals surface area (Å²) in [6, 6.07) is 5.14. The SMILES string of the molecule is Nc1nc(CC(=O)NCc2ccccc2C(F)(F)F)cs1. The van der Waals surface area contributed by atoms with Crippen LogP contribution in [0.2, 0.25) is 0 Å². The van der Waals surface area contributed by atoms with Gasteiger partial charge < -0.3 is 11.1 Å². The first-order chi connectivity index (χ1) is 9.86. The number of hydrogen-bond donors (Lipinski definition) is 2. The van der Waals surface area contributed by atoms with Crippen molar-refractivity contribution in [1.29, 1.82) is 0 Å². The molecule has 1 heterocycles. The monoisotopic (exact) mass is 315 g/mol. The van der Waals surface area contributed by atoms with Gasteiger partial charge in [-0.1, -0.05) is 18.2 Å². The molecule has 0 unspecified atom stereocenters. The minimum atomic E-state index is -4.44. The lowest BCUT2D eigenvalue weighted by molar-refractivity contribution is -0.138. The highest BCUT2D eigenvalue weighted by Gasteiger charge is 2.32. The van der Waals surface area contributed by atoms with Gasteiger partial charge in [0.2, 0.25) is 5.91 Å². The lowest BCUT2D eigenvalue weighted by atomic mass is 10.1. The first-order valence-corrected chi connectivity index (χ1v) is 6.86. The summed E-state index contributed by atoms with van der Waals surface area (Å²) in [7, 11) is 0. The molecule has 1 amide bonds. The summed E-state index contributed by atoms with van der Waals surface area (Å²) < 4.78 is 38.4. The summed E-state index contributed by atoms with van der Waals surface area (Å²) in [6.07, 6.45) is -4.45. The van der Waals surface area contributed by atoms with E-state index in [1.807, 2.05) is 0 Å². The van der Waals surface area contributed by atoms with Gasteiger partial charge >= 0.3 is 6.18 Å². The van der Waals surface area contributed by atoms with Gasteiger partial charge in [-0.3, -0.25) is 4.79 Å². The number of hydrogen-bond acceptors (Lipinski definition) is 4. The number of alkyl halides is 3. The Bertz CT molecular complexity index is 640. The van der Waals surface area contributed by atoms with Crippen molar-refractivity contribution in [2.24, 2.45) is 0 Å². The Morgan fingerprint density at radius 2 is 2.05 bits per heavy atom. The predicted octanol–water partition coefficient (Wildman–Crippen LogP) is 2.60. The van der Waals surface area contributed by atoms with Gasteiger partial charge in [0.15, 0.2) is 5.13 Å². The molecular formula is C13H12F3N3OS. The Morgan fingerprint density at radius 3 is 2.67 bits per heavy atom. The molecule has 8 heteroatoms. The number of amides is 1. The highest BCUT2D eigenvalue weighted by Crippen LogP contribution is 2.31. The summed E-state index contributed by atoms with van der Waals surface area (Å²) in [5.41, 5.74) is 5.21. The molecule has 0 saturated carbocycles. The quantitative estimate of drug-likeness (QED) is 0.911. The van der Waals surface area contributed by atoms with E-state index in [0.29, 0.717) is 10.8 Å². The van der Waals surface area contributed by atoms with Crippen LogP contribution in [0.25, 0.3) is 0 Å². The van der Waals surface area contributed by atoms with E-state index in [1.54, 1.807) is 5.38 Å². The summed E-state index contributed by atoms with van der Waals surface area (Å²) in [4.78, 5) is 15.6. The maximum absolute atomic E-state index is 12.8. The maximum atomic E-state index is 12.8. The number of carbonyl (C=O) groups is 1. The Balaban J connectivity index is 1.98. The van der Waals surface area contributed by atoms with E-state index in [9.17, 15) is 18.0 Å². The Morgan fingerprint density at radius 1 is 1.33 bits per heavy atom. The number of rotatable bonds is 4. The van der Waals surface area contributed by atoms with Crippen LogP contribution in [-0.2, 0) is 23.9 Å². The van der Waals surface area contributed by atoms with Crippen LogP contribution < -0.4 is 11.1 Å². The number of nitrogens with one attached hydrogen (secondary N) is 1. The number of halogens is 3. The van der Waals surface area contributed by atoms with Crippen molar-refractivity contribution in [2.45, 2.75) is 19.1 Å². The molecule has 0 aliphatic rings. The summed E-state index contributed by atoms with van der Waals surface area (Å²) >= 11 is 1.20. The van der Waals surface area contributed by atoms with E-state index in [1.165, 1.54) is 29.5 Å². The standard InChI is InChI=1S/C13H12F3N3OS/c14-13(15,16)10-4-2-1-3-8(10)6-18-11(20)5-9-7-21-12(17)19-9/h1-4,7H,5-6H2,(H2,17,19)(H,18,20). The molecule has 0 aliphatic heterocycles. The highest BCUT2D eigenvalue weighted by atomic mass is 32.1. The van der Waals surface area contributed by atoms with Crippen LogP contribution in [0.4, 0.5) is 18.3 Å². The van der Waals surface area contributed by atoms with E-state index >= 15 is 0 Å². The number of aromatic nitrogens is 1. The lowest BCUT2D eigenvalue weighted by Gasteiger charge is -2.13. The smallest absolute Gasteiger partial charge is 0.375 e. The van der Waals surface area contributed by atoms with Crippen molar-refractivity contribution in [1.82, 2.24) is 10.3 Å². The van der Waals surface area contributed by atoms with Gasteiger partial charge in [-0.05, 0) is 11.6 Å². The zero-order valence-corrected chi connectivity index (χ0v) is 11.6. The molecule has 4 nitrogen and oxygen atoms in total. The van der Waals surface area contributed by atoms with Crippen LogP contribution in [0.1, 0.15) is 16.8 Å². The van der Waals surface area contributed by atoms with Gasteiger partial charge in [-0.15, -0.1) is 11.3 Å². The Kier molecular flexibility index (Phi) is 4.46. The molecule has 0 spiro atoms. The number of anilines is 1. The van der Waals surface area contributed by atoms with Gasteiger partial charge in [-0.25, -0.2) is 4.98 Å². The fourth-order valence-corrected chi connectivity index (χ4v) is 2.34. The van der Waals surface area contributed by atoms with Gasteiger partial charge in [0.05, 0.1) is 17.7 Å². The molecule has 3 N–H and O–H groups in total. The molecule has 1 aromatic heterocycles. The second-order valence-corrected chi connectivity index (χ2v) is 5.18. The molecule has 0 aliphatic carbocycles. The van der Waals surface area contributed by atoms with Crippen LogP contribution in [0.15, 0.2) is 29.6 Å². The largest absolute Gasteiger partial charge is 0.416 e. The molecular weight excluding hydrogens is 303 g/mol. The molecule has 0 radical (unpaired) electrons. The van der Waals surface area contributed by atoms with Crippen LogP contribution in [-0.4, -0.2) is 10.9 Å². The Hall–Kier alpha value is -2.09. The van der Waals surface area contributed by atoms with Crippen molar-refractivity contribution in [2.75, 3.05) is 5.73 Å². The number of benzene rings is 1. The number of carbonyl (C=O) groups excluding carboxylic acids is 1. The molecule has 0 atom stereocenters. The van der Waals surface area contributed by atoms with Gasteiger partial charge in [0.1, 0.15) is 0 Å². The molecule has 2 aromatic rings. The van der Waals surface area contributed by atoms with E-state index in [0.717, 1.165) is 6.07 Å². The van der Waals surface area contributed by atoms with Crippen LogP contribution in [0, 0.1) is 0 Å². The third-order valence-electron chi connectivity index (χ3n) is 2.71. The van der Waals surface area contributed by atoms with Gasteiger partial charge in [0, 0.05) is 11.9 Å². The molecule has 1 aromatic carbocycles. The Labute approximate surface area is 122 Å².